The number of rotatable bonds is 9. The number of nitrogens with zero attached hydrogens (tertiary/aromatic N) is 1. The van der Waals surface area contributed by atoms with E-state index in [1.807, 2.05) is 18.2 Å². The highest BCUT2D eigenvalue weighted by molar-refractivity contribution is 6.30. The molecule has 1 aliphatic rings. The highest BCUT2D eigenvalue weighted by Crippen LogP contribution is 2.39. The molecule has 2 aromatic rings. The molecule has 26 heavy (non-hydrogen) atoms. The molecule has 0 amide bonds. The molecule has 0 saturated carbocycles. The Morgan fingerprint density at radius 2 is 1.81 bits per heavy atom. The molecular formula is C23H31ClN2. The van der Waals surface area contributed by atoms with Crippen molar-refractivity contribution in [2.45, 2.75) is 63.6 Å². The molecule has 2 N–H and O–H groups in total. The Bertz CT molecular complexity index is 673. The van der Waals surface area contributed by atoms with Crippen molar-refractivity contribution in [1.29, 1.82) is 0 Å². The van der Waals surface area contributed by atoms with E-state index in [4.69, 9.17) is 17.3 Å². The second-order valence-electron chi connectivity index (χ2n) is 7.45. The number of hydrogen-bond donors (Lipinski definition) is 1. The van der Waals surface area contributed by atoms with Crippen LogP contribution in [-0.2, 0) is 0 Å². The normalized spacial score (nSPS) is 19.7. The van der Waals surface area contributed by atoms with E-state index >= 15 is 0 Å². The van der Waals surface area contributed by atoms with Gasteiger partial charge in [0.05, 0.1) is 0 Å². The zero-order chi connectivity index (χ0) is 18.4. The highest BCUT2D eigenvalue weighted by Gasteiger charge is 2.38. The quantitative estimate of drug-likeness (QED) is 0.538. The van der Waals surface area contributed by atoms with Gasteiger partial charge in [0.15, 0.2) is 0 Å². The minimum atomic E-state index is 0.0179. The van der Waals surface area contributed by atoms with Crippen LogP contribution in [0.25, 0.3) is 0 Å². The first kappa shape index (κ1) is 19.4. The topological polar surface area (TPSA) is 29.3 Å². The van der Waals surface area contributed by atoms with Crippen molar-refractivity contribution in [3.63, 3.8) is 0 Å². The zero-order valence-electron chi connectivity index (χ0n) is 15.8. The fourth-order valence-corrected chi connectivity index (χ4v) is 4.30. The average Bonchev–Trinajstić information content (AvgIpc) is 2.64. The van der Waals surface area contributed by atoms with Crippen molar-refractivity contribution >= 4 is 11.6 Å². The van der Waals surface area contributed by atoms with Crippen molar-refractivity contribution in [3.05, 3.63) is 70.7 Å². The molecule has 3 heteroatoms. The summed E-state index contributed by atoms with van der Waals surface area (Å²) in [6, 6.07) is 19.9. The van der Waals surface area contributed by atoms with Crippen molar-refractivity contribution in [2.75, 3.05) is 6.54 Å². The first-order valence-corrected chi connectivity index (χ1v) is 10.4. The third kappa shape index (κ3) is 4.68. The fraction of sp³-hybridized carbons (Fsp3) is 0.478. The minimum absolute atomic E-state index is 0.0179. The smallest absolute Gasteiger partial charge is 0.0454 e. The molecule has 1 unspecified atom stereocenters. The van der Waals surface area contributed by atoms with Gasteiger partial charge < -0.3 is 5.73 Å². The summed E-state index contributed by atoms with van der Waals surface area (Å²) in [6.07, 6.45) is 7.57. The second kappa shape index (κ2) is 9.55. The van der Waals surface area contributed by atoms with E-state index in [-0.39, 0.29) is 6.04 Å². The number of halogens is 1. The molecule has 140 valence electrons. The minimum Gasteiger partial charge on any atom is -0.323 e. The Morgan fingerprint density at radius 3 is 2.46 bits per heavy atom. The van der Waals surface area contributed by atoms with Gasteiger partial charge >= 0.3 is 0 Å². The van der Waals surface area contributed by atoms with Crippen LogP contribution < -0.4 is 5.73 Å². The summed E-state index contributed by atoms with van der Waals surface area (Å²) in [4.78, 5) is 2.62. The van der Waals surface area contributed by atoms with Crippen molar-refractivity contribution < 1.29 is 0 Å². The molecule has 0 radical (unpaired) electrons. The Labute approximate surface area is 163 Å². The maximum atomic E-state index is 6.65. The molecule has 0 aliphatic carbocycles. The van der Waals surface area contributed by atoms with E-state index in [1.165, 1.54) is 37.7 Å². The molecule has 2 aromatic carbocycles. The average molecular weight is 371 g/mol. The Balaban J connectivity index is 1.73. The number of likely N-dealkylation sites (tertiary alicyclic amines) is 1. The van der Waals surface area contributed by atoms with E-state index in [9.17, 15) is 0 Å². The summed E-state index contributed by atoms with van der Waals surface area (Å²) in [6.45, 7) is 3.40. The lowest BCUT2D eigenvalue weighted by molar-refractivity contribution is 0.0187. The maximum absolute atomic E-state index is 6.65. The Morgan fingerprint density at radius 1 is 1.04 bits per heavy atom. The van der Waals surface area contributed by atoms with Crippen molar-refractivity contribution in [2.24, 2.45) is 5.73 Å². The molecule has 1 aliphatic heterocycles. The van der Waals surface area contributed by atoms with Gasteiger partial charge in [0.1, 0.15) is 0 Å². The first-order chi connectivity index (χ1) is 12.7. The van der Waals surface area contributed by atoms with Crippen LogP contribution in [0.2, 0.25) is 5.02 Å². The van der Waals surface area contributed by atoms with Crippen molar-refractivity contribution in [3.8, 4) is 0 Å². The van der Waals surface area contributed by atoms with Crippen LogP contribution in [-0.4, -0.2) is 17.5 Å². The molecule has 3 atom stereocenters. The predicted octanol–water partition coefficient (Wildman–Crippen LogP) is 6.13. The SMILES string of the molecule is CCCCCCC(c1ccccc1)N1CC[C@H]1[C@@H](N)c1cccc(Cl)c1. The van der Waals surface area contributed by atoms with Gasteiger partial charge in [-0.25, -0.2) is 0 Å². The zero-order valence-corrected chi connectivity index (χ0v) is 16.5. The van der Waals surface area contributed by atoms with Crippen molar-refractivity contribution in [1.82, 2.24) is 4.90 Å². The summed E-state index contributed by atoms with van der Waals surface area (Å²) >= 11 is 6.18. The van der Waals surface area contributed by atoms with Gasteiger partial charge in [0.2, 0.25) is 0 Å². The molecule has 3 rings (SSSR count). The first-order valence-electron chi connectivity index (χ1n) is 10.0. The van der Waals surface area contributed by atoms with E-state index in [0.29, 0.717) is 12.1 Å². The lowest BCUT2D eigenvalue weighted by Gasteiger charge is -2.49. The van der Waals surface area contributed by atoms with Gasteiger partial charge in [0.25, 0.3) is 0 Å². The van der Waals surface area contributed by atoms with Crippen LogP contribution in [0.3, 0.4) is 0 Å². The van der Waals surface area contributed by atoms with E-state index in [0.717, 1.165) is 23.6 Å². The lowest BCUT2D eigenvalue weighted by atomic mass is 9.86. The number of nitrogens with two attached hydrogens (primary N) is 1. The van der Waals surface area contributed by atoms with Crippen LogP contribution in [0.1, 0.15) is 68.7 Å². The van der Waals surface area contributed by atoms with E-state index < -0.39 is 0 Å². The molecule has 1 fully saturated rings. The summed E-state index contributed by atoms with van der Waals surface area (Å²) in [5, 5.41) is 0.767. The van der Waals surface area contributed by atoms with E-state index in [1.54, 1.807) is 0 Å². The number of hydrogen-bond acceptors (Lipinski definition) is 2. The summed E-state index contributed by atoms with van der Waals surface area (Å²) < 4.78 is 0. The number of unbranched alkanes of at least 4 members (excludes halogenated alkanes) is 3. The molecule has 2 nitrogen and oxygen atoms in total. The molecular weight excluding hydrogens is 340 g/mol. The molecule has 0 aromatic heterocycles. The molecule has 1 saturated heterocycles. The fourth-order valence-electron chi connectivity index (χ4n) is 4.10. The monoisotopic (exact) mass is 370 g/mol. The van der Waals surface area contributed by atoms with Gasteiger partial charge in [-0.1, -0.05) is 86.7 Å². The standard InChI is InChI=1S/C23H31ClN2/c1-2-3-4-8-14-21(18-10-6-5-7-11-18)26-16-15-22(26)23(25)19-12-9-13-20(24)17-19/h5-7,9-13,17,21-23H,2-4,8,14-16,25H2,1H3/t21?,22-,23-/m0/s1. The molecule has 0 spiro atoms. The predicted molar refractivity (Wildman–Crippen MR) is 111 cm³/mol. The molecule has 1 heterocycles. The third-order valence-electron chi connectivity index (χ3n) is 5.67. The largest absolute Gasteiger partial charge is 0.323 e. The van der Waals surface area contributed by atoms with Gasteiger partial charge in [-0.05, 0) is 36.1 Å². The maximum Gasteiger partial charge on any atom is 0.0454 e. The van der Waals surface area contributed by atoms with Gasteiger partial charge in [-0.3, -0.25) is 4.90 Å². The third-order valence-corrected chi connectivity index (χ3v) is 5.91. The Kier molecular flexibility index (Phi) is 7.13. The highest BCUT2D eigenvalue weighted by atomic mass is 35.5. The van der Waals surface area contributed by atoms with Gasteiger partial charge in [0, 0.05) is 29.7 Å². The number of benzene rings is 2. The summed E-state index contributed by atoms with van der Waals surface area (Å²) in [5.41, 5.74) is 9.22. The Hall–Kier alpha value is -1.35. The van der Waals surface area contributed by atoms with Crippen LogP contribution in [0.4, 0.5) is 0 Å². The molecule has 0 bridgehead atoms. The van der Waals surface area contributed by atoms with Crippen LogP contribution >= 0.6 is 11.6 Å². The summed E-state index contributed by atoms with van der Waals surface area (Å²) in [5.74, 6) is 0. The van der Waals surface area contributed by atoms with Gasteiger partial charge in [-0.2, -0.15) is 0 Å². The van der Waals surface area contributed by atoms with Crippen LogP contribution in [0.15, 0.2) is 54.6 Å². The van der Waals surface area contributed by atoms with Crippen LogP contribution in [0, 0.1) is 0 Å². The summed E-state index contributed by atoms with van der Waals surface area (Å²) in [7, 11) is 0. The van der Waals surface area contributed by atoms with E-state index in [2.05, 4.69) is 48.2 Å². The van der Waals surface area contributed by atoms with Gasteiger partial charge in [-0.15, -0.1) is 0 Å². The van der Waals surface area contributed by atoms with Crippen LogP contribution in [0.5, 0.6) is 0 Å². The lowest BCUT2D eigenvalue weighted by Crippen LogP contribution is -2.54. The second-order valence-corrected chi connectivity index (χ2v) is 7.89.